The van der Waals surface area contributed by atoms with Crippen molar-refractivity contribution in [1.29, 1.82) is 0 Å². The maximum Gasteiger partial charge on any atom is 0.178 e. The van der Waals surface area contributed by atoms with E-state index in [1.807, 2.05) is 25.1 Å². The Balaban J connectivity index is 0.00000198. The fourth-order valence-electron chi connectivity index (χ4n) is 5.26. The molecule has 5 rings (SSSR count). The van der Waals surface area contributed by atoms with Crippen LogP contribution in [0.1, 0.15) is 56.0 Å². The van der Waals surface area contributed by atoms with Gasteiger partial charge < -0.3 is 16.0 Å². The number of terminal acetylenes is 1. The van der Waals surface area contributed by atoms with Crippen molar-refractivity contribution >= 4 is 33.8 Å². The fourth-order valence-corrected chi connectivity index (χ4v) is 6.03. The zero-order valence-corrected chi connectivity index (χ0v) is 24.5. The minimum atomic E-state index is -0.409. The van der Waals surface area contributed by atoms with E-state index in [-0.39, 0.29) is 5.13 Å². The number of fused-ring (bicyclic) bond motifs is 1. The number of hydrogen-bond acceptors (Lipinski definition) is 5. The van der Waals surface area contributed by atoms with Crippen LogP contribution in [0.3, 0.4) is 0 Å². The van der Waals surface area contributed by atoms with E-state index in [9.17, 15) is 4.39 Å². The molecule has 0 aliphatic heterocycles. The van der Waals surface area contributed by atoms with Gasteiger partial charge in [-0.3, -0.25) is 0 Å². The molecule has 0 radical (unpaired) electrons. The molecule has 0 amide bonds. The summed E-state index contributed by atoms with van der Waals surface area (Å²) < 4.78 is 28.9. The van der Waals surface area contributed by atoms with Crippen LogP contribution in [0.4, 0.5) is 14.5 Å². The highest BCUT2D eigenvalue weighted by molar-refractivity contribution is 7.14. The molecule has 0 saturated heterocycles. The number of imidazole rings is 1. The van der Waals surface area contributed by atoms with E-state index in [4.69, 9.17) is 5.73 Å². The average Bonchev–Trinajstić information content (AvgIpc) is 3.63. The van der Waals surface area contributed by atoms with Crippen molar-refractivity contribution in [3.05, 3.63) is 107 Å². The predicted molar refractivity (Wildman–Crippen MR) is 171 cm³/mol. The summed E-state index contributed by atoms with van der Waals surface area (Å²) in [4.78, 5) is 13.1. The number of nitrogens with one attached hydrogen (secondary N) is 2. The predicted octanol–water partition coefficient (Wildman–Crippen LogP) is 8.54. The van der Waals surface area contributed by atoms with Crippen molar-refractivity contribution < 1.29 is 8.78 Å². The van der Waals surface area contributed by atoms with Crippen LogP contribution in [0.5, 0.6) is 0 Å². The van der Waals surface area contributed by atoms with Crippen LogP contribution in [-0.2, 0) is 6.42 Å². The van der Waals surface area contributed by atoms with Crippen LogP contribution >= 0.6 is 11.3 Å². The highest BCUT2D eigenvalue weighted by Crippen LogP contribution is 2.33. The molecule has 0 unspecified atom stereocenters. The van der Waals surface area contributed by atoms with Crippen LogP contribution in [0.2, 0.25) is 0 Å². The molecular weight excluding hydrogens is 548 g/mol. The maximum absolute atomic E-state index is 15.2. The van der Waals surface area contributed by atoms with Crippen LogP contribution < -0.4 is 11.1 Å². The number of allylic oxidation sites excluding steroid dienone is 5. The Bertz CT molecular complexity index is 1670. The van der Waals surface area contributed by atoms with Gasteiger partial charge in [0.25, 0.3) is 0 Å². The zero-order chi connectivity index (χ0) is 30.2. The Labute approximate surface area is 250 Å². The maximum atomic E-state index is 15.2. The number of aromatic amines is 1. The smallest absolute Gasteiger partial charge is 0.178 e. The van der Waals surface area contributed by atoms with Gasteiger partial charge in [-0.15, -0.1) is 24.2 Å². The summed E-state index contributed by atoms with van der Waals surface area (Å²) in [5.74, 6) is 0.656. The van der Waals surface area contributed by atoms with Gasteiger partial charge in [-0.1, -0.05) is 38.5 Å². The molecule has 0 spiro atoms. The molecule has 3 aromatic heterocycles. The van der Waals surface area contributed by atoms with Gasteiger partial charge in [-0.25, -0.2) is 14.4 Å². The number of pyridine rings is 1. The molecule has 1 saturated carbocycles. The monoisotopic (exact) mass is 583 g/mol. The highest BCUT2D eigenvalue weighted by Gasteiger charge is 2.18. The average molecular weight is 584 g/mol. The Kier molecular flexibility index (Phi) is 10.1. The first-order valence-electron chi connectivity index (χ1n) is 13.8. The standard InChI is InChI=1S/C32H33F2N5S.C2H2/c1-4-20(15-23(5-2)37-19(3)21-9-7-6-8-10-21)25-16-22(27(35)18-26(25)33)17-30-38-31-24(13-14-36-32(31)39-30)28-11-12-29(34)40-28;1-2/h4-5,11-16,18,21,37H,2-3,6-10,17,35H2,1H3,(H,36,38,39);1-2H/b20-4+,23-15+;. The van der Waals surface area contributed by atoms with Crippen LogP contribution in [0, 0.1) is 29.7 Å². The van der Waals surface area contributed by atoms with Gasteiger partial charge >= 0.3 is 0 Å². The molecule has 1 aliphatic carbocycles. The lowest BCUT2D eigenvalue weighted by Crippen LogP contribution is -2.20. The van der Waals surface area contributed by atoms with E-state index in [2.05, 4.69) is 46.3 Å². The molecule has 4 aromatic rings. The largest absolute Gasteiger partial charge is 0.398 e. The Hall–Kier alpha value is -4.48. The number of nitrogens with zero attached hydrogens (tertiary/aromatic N) is 2. The number of aromatic nitrogens is 3. The third kappa shape index (κ3) is 6.87. The van der Waals surface area contributed by atoms with Gasteiger partial charge in [0.2, 0.25) is 0 Å². The topological polar surface area (TPSA) is 79.6 Å². The number of anilines is 1. The molecule has 42 heavy (non-hydrogen) atoms. The van der Waals surface area contributed by atoms with E-state index in [1.54, 1.807) is 24.4 Å². The zero-order valence-electron chi connectivity index (χ0n) is 23.7. The van der Waals surface area contributed by atoms with E-state index in [0.29, 0.717) is 40.6 Å². The van der Waals surface area contributed by atoms with E-state index in [1.165, 1.54) is 31.4 Å². The number of hydrogen-bond donors (Lipinski definition) is 3. The third-order valence-electron chi connectivity index (χ3n) is 7.42. The first-order valence-corrected chi connectivity index (χ1v) is 14.6. The summed E-state index contributed by atoms with van der Waals surface area (Å²) in [6, 6.07) is 8.13. The molecule has 0 bridgehead atoms. The summed E-state index contributed by atoms with van der Waals surface area (Å²) in [5.41, 5.74) is 12.3. The lowest BCUT2D eigenvalue weighted by molar-refractivity contribution is 0.393. The fraction of sp³-hybridized carbons (Fsp3) is 0.235. The van der Waals surface area contributed by atoms with E-state index in [0.717, 1.165) is 57.1 Å². The summed E-state index contributed by atoms with van der Waals surface area (Å²) >= 11 is 1.07. The summed E-state index contributed by atoms with van der Waals surface area (Å²) in [6.07, 6.45) is 21.4. The summed E-state index contributed by atoms with van der Waals surface area (Å²) in [7, 11) is 0. The van der Waals surface area contributed by atoms with Crippen LogP contribution in [0.15, 0.2) is 79.3 Å². The van der Waals surface area contributed by atoms with Crippen molar-refractivity contribution in [2.24, 2.45) is 5.92 Å². The lowest BCUT2D eigenvalue weighted by atomic mass is 9.87. The minimum absolute atomic E-state index is 0.256. The molecule has 216 valence electrons. The van der Waals surface area contributed by atoms with Crippen molar-refractivity contribution in [3.63, 3.8) is 0 Å². The first kappa shape index (κ1) is 30.5. The second-order valence-corrected chi connectivity index (χ2v) is 11.1. The Morgan fingerprint density at radius 3 is 2.62 bits per heavy atom. The number of thiophene rings is 1. The summed E-state index contributed by atoms with van der Waals surface area (Å²) in [5, 5.41) is 3.15. The molecule has 1 fully saturated rings. The third-order valence-corrected chi connectivity index (χ3v) is 8.33. The molecule has 1 aliphatic rings. The number of nitrogens with two attached hydrogens (primary N) is 1. The van der Waals surface area contributed by atoms with Gasteiger partial charge in [0, 0.05) is 45.7 Å². The quantitative estimate of drug-likeness (QED) is 0.105. The van der Waals surface area contributed by atoms with Crippen molar-refractivity contribution in [2.75, 3.05) is 5.73 Å². The molecule has 5 nitrogen and oxygen atoms in total. The number of H-pyrrole nitrogens is 1. The first-order chi connectivity index (χ1) is 20.4. The highest BCUT2D eigenvalue weighted by atomic mass is 32.1. The molecule has 0 atom stereocenters. The number of nitrogen functional groups attached to an aromatic ring is 1. The summed E-state index contributed by atoms with van der Waals surface area (Å²) in [6.45, 7) is 10.1. The Morgan fingerprint density at radius 1 is 1.19 bits per heavy atom. The van der Waals surface area contributed by atoms with Gasteiger partial charge in [-0.05, 0) is 79.3 Å². The van der Waals surface area contributed by atoms with Gasteiger partial charge in [-0.2, -0.15) is 4.39 Å². The molecule has 4 N–H and O–H groups in total. The van der Waals surface area contributed by atoms with Crippen LogP contribution in [-0.4, -0.2) is 15.0 Å². The van der Waals surface area contributed by atoms with Crippen molar-refractivity contribution in [3.8, 4) is 23.3 Å². The molecule has 3 heterocycles. The lowest BCUT2D eigenvalue weighted by Gasteiger charge is -2.25. The van der Waals surface area contributed by atoms with Crippen LogP contribution in [0.25, 0.3) is 27.2 Å². The van der Waals surface area contributed by atoms with Gasteiger partial charge in [0.1, 0.15) is 11.6 Å². The number of halogens is 2. The second-order valence-electron chi connectivity index (χ2n) is 10.1. The number of benzene rings is 1. The molecule has 1 aromatic carbocycles. The van der Waals surface area contributed by atoms with Gasteiger partial charge in [0.15, 0.2) is 10.8 Å². The second kappa shape index (κ2) is 13.9. The van der Waals surface area contributed by atoms with E-state index < -0.39 is 5.82 Å². The molecule has 8 heteroatoms. The minimum Gasteiger partial charge on any atom is -0.398 e. The van der Waals surface area contributed by atoms with Crippen molar-refractivity contribution in [1.82, 2.24) is 20.3 Å². The number of rotatable bonds is 9. The molecular formula is C34H35F2N5S. The normalized spacial score (nSPS) is 14.3. The SMILES string of the molecule is C#C.C=C/C(=C\C(=C/C)c1cc(Cc2nc3nccc(-c4ccc(F)s4)c3[nH]2)c(N)cc1F)NC(=C)C1CCCCC1. The Morgan fingerprint density at radius 2 is 1.95 bits per heavy atom. The van der Waals surface area contributed by atoms with E-state index >= 15 is 4.39 Å². The van der Waals surface area contributed by atoms with Gasteiger partial charge in [0.05, 0.1) is 5.52 Å². The van der Waals surface area contributed by atoms with Crippen molar-refractivity contribution in [2.45, 2.75) is 45.4 Å².